The number of ether oxygens (including phenoxy) is 2. The number of piperazine rings is 1. The summed E-state index contributed by atoms with van der Waals surface area (Å²) in [5, 5.41) is 3.93. The summed E-state index contributed by atoms with van der Waals surface area (Å²) >= 11 is 11.9. The standard InChI is InChI=1S/C26H25Cl2N3O4/c1-34-24-11-4-19(28)16-23(24)26(33)31-14-12-30(13-15-31)21-7-5-20(6-8-21)29-25(32)17-35-22-9-2-18(27)3-10-22/h2-11,16H,12-15,17H2,1H3,(H,29,32). The van der Waals surface area contributed by atoms with Crippen LogP contribution in [0.25, 0.3) is 0 Å². The van der Waals surface area contributed by atoms with E-state index in [1.165, 1.54) is 7.11 Å². The molecular weight excluding hydrogens is 489 g/mol. The molecular formula is C26H25Cl2N3O4. The third-order valence-electron chi connectivity index (χ3n) is 5.66. The fourth-order valence-corrected chi connectivity index (χ4v) is 4.12. The van der Waals surface area contributed by atoms with E-state index in [4.69, 9.17) is 32.7 Å². The van der Waals surface area contributed by atoms with Crippen LogP contribution in [0.2, 0.25) is 10.0 Å². The van der Waals surface area contributed by atoms with Crippen molar-refractivity contribution >= 4 is 46.4 Å². The van der Waals surface area contributed by atoms with E-state index in [0.717, 1.165) is 5.69 Å². The van der Waals surface area contributed by atoms with Gasteiger partial charge >= 0.3 is 0 Å². The molecule has 182 valence electrons. The number of benzene rings is 3. The van der Waals surface area contributed by atoms with Gasteiger partial charge < -0.3 is 24.6 Å². The molecule has 0 aliphatic carbocycles. The van der Waals surface area contributed by atoms with Gasteiger partial charge in [-0.15, -0.1) is 0 Å². The molecule has 0 atom stereocenters. The van der Waals surface area contributed by atoms with Crippen LogP contribution < -0.4 is 19.7 Å². The Bertz CT molecular complexity index is 1180. The van der Waals surface area contributed by atoms with E-state index in [-0.39, 0.29) is 18.4 Å². The summed E-state index contributed by atoms with van der Waals surface area (Å²) < 4.78 is 10.8. The minimum atomic E-state index is -0.253. The molecule has 0 unspecified atom stereocenters. The van der Waals surface area contributed by atoms with Crippen molar-refractivity contribution < 1.29 is 19.1 Å². The molecule has 1 heterocycles. The zero-order valence-electron chi connectivity index (χ0n) is 19.2. The van der Waals surface area contributed by atoms with E-state index in [1.54, 1.807) is 47.4 Å². The average Bonchev–Trinajstić information content (AvgIpc) is 2.88. The maximum atomic E-state index is 13.0. The quantitative estimate of drug-likeness (QED) is 0.482. The number of methoxy groups -OCH3 is 1. The lowest BCUT2D eigenvalue weighted by Crippen LogP contribution is -2.48. The van der Waals surface area contributed by atoms with Gasteiger partial charge in [0.1, 0.15) is 11.5 Å². The highest BCUT2D eigenvalue weighted by Crippen LogP contribution is 2.26. The largest absolute Gasteiger partial charge is 0.496 e. The van der Waals surface area contributed by atoms with Gasteiger partial charge in [0.05, 0.1) is 12.7 Å². The zero-order chi connectivity index (χ0) is 24.8. The van der Waals surface area contributed by atoms with Crippen molar-refractivity contribution in [1.29, 1.82) is 0 Å². The molecule has 0 radical (unpaired) electrons. The van der Waals surface area contributed by atoms with E-state index in [1.807, 2.05) is 24.3 Å². The molecule has 1 aliphatic rings. The molecule has 1 saturated heterocycles. The van der Waals surface area contributed by atoms with Crippen molar-refractivity contribution in [2.75, 3.05) is 50.1 Å². The van der Waals surface area contributed by atoms with Crippen molar-refractivity contribution in [3.63, 3.8) is 0 Å². The lowest BCUT2D eigenvalue weighted by Gasteiger charge is -2.36. The minimum absolute atomic E-state index is 0.0946. The van der Waals surface area contributed by atoms with E-state index < -0.39 is 0 Å². The van der Waals surface area contributed by atoms with E-state index in [9.17, 15) is 9.59 Å². The van der Waals surface area contributed by atoms with Gasteiger partial charge in [-0.1, -0.05) is 23.2 Å². The van der Waals surface area contributed by atoms with Crippen LogP contribution in [-0.2, 0) is 4.79 Å². The van der Waals surface area contributed by atoms with Gasteiger partial charge in [0.15, 0.2) is 6.61 Å². The predicted octanol–water partition coefficient (Wildman–Crippen LogP) is 4.98. The van der Waals surface area contributed by atoms with Crippen molar-refractivity contribution in [1.82, 2.24) is 4.90 Å². The van der Waals surface area contributed by atoms with Crippen LogP contribution in [0.5, 0.6) is 11.5 Å². The topological polar surface area (TPSA) is 71.1 Å². The average molecular weight is 514 g/mol. The van der Waals surface area contributed by atoms with Crippen LogP contribution in [0.1, 0.15) is 10.4 Å². The molecule has 35 heavy (non-hydrogen) atoms. The van der Waals surface area contributed by atoms with E-state index in [0.29, 0.717) is 59.0 Å². The predicted molar refractivity (Wildman–Crippen MR) is 138 cm³/mol. The smallest absolute Gasteiger partial charge is 0.262 e. The molecule has 1 aliphatic heterocycles. The molecule has 1 fully saturated rings. The Hall–Kier alpha value is -3.42. The number of nitrogens with one attached hydrogen (secondary N) is 1. The summed E-state index contributed by atoms with van der Waals surface area (Å²) in [5.41, 5.74) is 2.17. The summed E-state index contributed by atoms with van der Waals surface area (Å²) in [5.74, 6) is 0.739. The first-order valence-electron chi connectivity index (χ1n) is 11.1. The molecule has 0 aromatic heterocycles. The molecule has 3 aromatic carbocycles. The molecule has 2 amide bonds. The van der Waals surface area contributed by atoms with Crippen molar-refractivity contribution in [2.45, 2.75) is 0 Å². The Kier molecular flexibility index (Phi) is 8.00. The molecule has 0 bridgehead atoms. The highest BCUT2D eigenvalue weighted by atomic mass is 35.5. The number of carbonyl (C=O) groups excluding carboxylic acids is 2. The van der Waals surface area contributed by atoms with Gasteiger partial charge in [0.2, 0.25) is 0 Å². The molecule has 1 N–H and O–H groups in total. The molecule has 0 spiro atoms. The number of hydrogen-bond donors (Lipinski definition) is 1. The molecule has 0 saturated carbocycles. The Morgan fingerprint density at radius 3 is 2.20 bits per heavy atom. The van der Waals surface area contributed by atoms with Crippen LogP contribution >= 0.6 is 23.2 Å². The lowest BCUT2D eigenvalue weighted by atomic mass is 10.1. The first-order chi connectivity index (χ1) is 16.9. The van der Waals surface area contributed by atoms with Gasteiger partial charge in [0.25, 0.3) is 11.8 Å². The second kappa shape index (κ2) is 11.3. The Balaban J connectivity index is 1.28. The van der Waals surface area contributed by atoms with Gasteiger partial charge in [-0.05, 0) is 66.7 Å². The summed E-state index contributed by atoms with van der Waals surface area (Å²) in [4.78, 5) is 29.2. The second-order valence-electron chi connectivity index (χ2n) is 7.96. The van der Waals surface area contributed by atoms with Crippen LogP contribution in [0.3, 0.4) is 0 Å². The number of halogens is 2. The van der Waals surface area contributed by atoms with Gasteiger partial charge in [0, 0.05) is 47.6 Å². The number of rotatable bonds is 7. The normalized spacial score (nSPS) is 13.3. The molecule has 7 nitrogen and oxygen atoms in total. The first kappa shape index (κ1) is 24.7. The molecule has 9 heteroatoms. The van der Waals surface area contributed by atoms with Gasteiger partial charge in [-0.3, -0.25) is 9.59 Å². The summed E-state index contributed by atoms with van der Waals surface area (Å²) in [6.07, 6.45) is 0. The third kappa shape index (κ3) is 6.38. The van der Waals surface area contributed by atoms with Crippen molar-refractivity contribution in [3.05, 3.63) is 82.3 Å². The maximum Gasteiger partial charge on any atom is 0.262 e. The van der Waals surface area contributed by atoms with Crippen LogP contribution in [-0.4, -0.2) is 56.6 Å². The Morgan fingerprint density at radius 1 is 0.886 bits per heavy atom. The number of nitrogens with zero attached hydrogens (tertiary/aromatic N) is 2. The maximum absolute atomic E-state index is 13.0. The highest BCUT2D eigenvalue weighted by Gasteiger charge is 2.24. The SMILES string of the molecule is COc1ccc(Cl)cc1C(=O)N1CCN(c2ccc(NC(=O)COc3ccc(Cl)cc3)cc2)CC1. The first-order valence-corrected chi connectivity index (χ1v) is 11.8. The van der Waals surface area contributed by atoms with E-state index >= 15 is 0 Å². The van der Waals surface area contributed by atoms with Crippen LogP contribution in [0.15, 0.2) is 66.7 Å². The number of anilines is 2. The number of carbonyl (C=O) groups is 2. The number of hydrogen-bond acceptors (Lipinski definition) is 5. The summed E-state index contributed by atoms with van der Waals surface area (Å²) in [6, 6.07) is 19.5. The summed E-state index contributed by atoms with van der Waals surface area (Å²) in [6.45, 7) is 2.44. The molecule has 3 aromatic rings. The number of amides is 2. The van der Waals surface area contributed by atoms with Gasteiger partial charge in [-0.2, -0.15) is 0 Å². The monoisotopic (exact) mass is 513 g/mol. The minimum Gasteiger partial charge on any atom is -0.496 e. The fourth-order valence-electron chi connectivity index (χ4n) is 3.82. The molecule has 4 rings (SSSR count). The van der Waals surface area contributed by atoms with Crippen molar-refractivity contribution in [2.24, 2.45) is 0 Å². The van der Waals surface area contributed by atoms with Gasteiger partial charge in [-0.25, -0.2) is 0 Å². The zero-order valence-corrected chi connectivity index (χ0v) is 20.7. The van der Waals surface area contributed by atoms with E-state index in [2.05, 4.69) is 10.2 Å². The van der Waals surface area contributed by atoms with Crippen LogP contribution in [0.4, 0.5) is 11.4 Å². The Morgan fingerprint density at radius 2 is 1.54 bits per heavy atom. The Labute approximate surface area is 214 Å². The second-order valence-corrected chi connectivity index (χ2v) is 8.83. The third-order valence-corrected chi connectivity index (χ3v) is 6.15. The fraction of sp³-hybridized carbons (Fsp3) is 0.231. The highest BCUT2D eigenvalue weighted by molar-refractivity contribution is 6.31. The lowest BCUT2D eigenvalue weighted by molar-refractivity contribution is -0.118. The van der Waals surface area contributed by atoms with Crippen LogP contribution in [0, 0.1) is 0 Å². The van der Waals surface area contributed by atoms with Crippen molar-refractivity contribution in [3.8, 4) is 11.5 Å². The summed E-state index contributed by atoms with van der Waals surface area (Å²) in [7, 11) is 1.54.